The molecule has 3 fully saturated rings. The third kappa shape index (κ3) is 4.15. The molecular formula is C27H32FNO3. The maximum atomic E-state index is 13.5. The molecule has 4 nitrogen and oxygen atoms in total. The van der Waals surface area contributed by atoms with E-state index >= 15 is 0 Å². The quantitative estimate of drug-likeness (QED) is 0.668. The van der Waals surface area contributed by atoms with Crippen LogP contribution in [0.25, 0.3) is 0 Å². The van der Waals surface area contributed by atoms with Crippen LogP contribution in [0.3, 0.4) is 0 Å². The van der Waals surface area contributed by atoms with Crippen molar-refractivity contribution in [2.45, 2.75) is 56.0 Å². The lowest BCUT2D eigenvalue weighted by Crippen LogP contribution is -2.52. The van der Waals surface area contributed by atoms with E-state index in [1.54, 1.807) is 19.2 Å². The van der Waals surface area contributed by atoms with Gasteiger partial charge in [-0.25, -0.2) is 4.39 Å². The van der Waals surface area contributed by atoms with Crippen molar-refractivity contribution in [3.05, 3.63) is 65.5 Å². The van der Waals surface area contributed by atoms with Crippen LogP contribution in [0.5, 0.6) is 5.75 Å². The molecule has 1 spiro atoms. The van der Waals surface area contributed by atoms with Gasteiger partial charge in [-0.15, -0.1) is 0 Å². The Balaban J connectivity index is 1.20. The molecule has 5 rings (SSSR count). The highest BCUT2D eigenvalue weighted by Crippen LogP contribution is 2.50. The fourth-order valence-corrected chi connectivity index (χ4v) is 5.69. The molecule has 1 unspecified atom stereocenters. The monoisotopic (exact) mass is 437 g/mol. The van der Waals surface area contributed by atoms with E-state index in [9.17, 15) is 9.18 Å². The van der Waals surface area contributed by atoms with E-state index in [1.807, 2.05) is 36.4 Å². The van der Waals surface area contributed by atoms with Crippen molar-refractivity contribution in [3.8, 4) is 5.75 Å². The molecule has 0 radical (unpaired) electrons. The molecule has 1 atom stereocenters. The third-order valence-corrected chi connectivity index (χ3v) is 7.80. The number of amides is 1. The molecule has 2 heterocycles. The topological polar surface area (TPSA) is 38.8 Å². The highest BCUT2D eigenvalue weighted by atomic mass is 19.1. The van der Waals surface area contributed by atoms with Crippen molar-refractivity contribution in [1.82, 2.24) is 4.90 Å². The Morgan fingerprint density at radius 3 is 2.38 bits per heavy atom. The molecule has 2 saturated heterocycles. The molecule has 2 aromatic carbocycles. The lowest BCUT2D eigenvalue weighted by Gasteiger charge is -2.47. The summed E-state index contributed by atoms with van der Waals surface area (Å²) < 4.78 is 24.8. The number of rotatable bonds is 5. The first kappa shape index (κ1) is 21.4. The minimum absolute atomic E-state index is 0.115. The van der Waals surface area contributed by atoms with Gasteiger partial charge < -0.3 is 14.4 Å². The van der Waals surface area contributed by atoms with Crippen LogP contribution in [0.15, 0.2) is 48.5 Å². The average Bonchev–Trinajstić information content (AvgIpc) is 3.63. The Hall–Kier alpha value is -2.40. The van der Waals surface area contributed by atoms with E-state index in [0.717, 1.165) is 76.0 Å². The van der Waals surface area contributed by atoms with Crippen LogP contribution in [-0.4, -0.2) is 43.2 Å². The first-order valence-electron chi connectivity index (χ1n) is 11.8. The standard InChI is InChI=1S/C27H32FNO3/c1-31-24-8-4-22(5-9-24)27(11-12-27)25(30)29-15-13-26(14-16-29)19-21(10-17-32-26)18-20-2-6-23(28)7-3-20/h2-9,21H,10-19H2,1H3. The summed E-state index contributed by atoms with van der Waals surface area (Å²) in [6.45, 7) is 2.30. The largest absolute Gasteiger partial charge is 0.497 e. The van der Waals surface area contributed by atoms with Crippen molar-refractivity contribution in [1.29, 1.82) is 0 Å². The number of ether oxygens (including phenoxy) is 2. The molecule has 1 aliphatic carbocycles. The summed E-state index contributed by atoms with van der Waals surface area (Å²) in [5, 5.41) is 0. The molecule has 2 aromatic rings. The third-order valence-electron chi connectivity index (χ3n) is 7.80. The van der Waals surface area contributed by atoms with Crippen LogP contribution < -0.4 is 4.74 Å². The fraction of sp³-hybridized carbons (Fsp3) is 0.519. The number of methoxy groups -OCH3 is 1. The van der Waals surface area contributed by atoms with Gasteiger partial charge in [0.25, 0.3) is 0 Å². The minimum atomic E-state index is -0.338. The Morgan fingerprint density at radius 1 is 1.06 bits per heavy atom. The van der Waals surface area contributed by atoms with Crippen LogP contribution in [-0.2, 0) is 21.4 Å². The molecular weight excluding hydrogens is 405 g/mol. The van der Waals surface area contributed by atoms with Crippen molar-refractivity contribution in [2.75, 3.05) is 26.8 Å². The van der Waals surface area contributed by atoms with Crippen LogP contribution >= 0.6 is 0 Å². The van der Waals surface area contributed by atoms with E-state index in [4.69, 9.17) is 9.47 Å². The number of carbonyl (C=O) groups is 1. The number of carbonyl (C=O) groups excluding carboxylic acids is 1. The number of hydrogen-bond donors (Lipinski definition) is 0. The Morgan fingerprint density at radius 2 is 1.75 bits per heavy atom. The summed E-state index contributed by atoms with van der Waals surface area (Å²) in [6, 6.07) is 14.9. The molecule has 5 heteroatoms. The Bertz CT molecular complexity index is 944. The summed E-state index contributed by atoms with van der Waals surface area (Å²) in [5.74, 6) is 1.46. The van der Waals surface area contributed by atoms with E-state index in [2.05, 4.69) is 4.90 Å². The molecule has 0 bridgehead atoms. The number of likely N-dealkylation sites (tertiary alicyclic amines) is 1. The first-order chi connectivity index (χ1) is 15.5. The Labute approximate surface area is 189 Å². The predicted molar refractivity (Wildman–Crippen MR) is 121 cm³/mol. The van der Waals surface area contributed by atoms with Gasteiger partial charge in [-0.05, 0) is 86.3 Å². The number of halogens is 1. The van der Waals surface area contributed by atoms with Gasteiger partial charge in [-0.1, -0.05) is 24.3 Å². The maximum absolute atomic E-state index is 13.5. The summed E-state index contributed by atoms with van der Waals surface area (Å²) in [6.07, 6.45) is 6.69. The van der Waals surface area contributed by atoms with E-state index in [1.165, 1.54) is 5.56 Å². The van der Waals surface area contributed by atoms with Gasteiger partial charge in [0.2, 0.25) is 5.91 Å². The first-order valence-corrected chi connectivity index (χ1v) is 11.8. The average molecular weight is 438 g/mol. The lowest BCUT2D eigenvalue weighted by atomic mass is 9.77. The van der Waals surface area contributed by atoms with Crippen molar-refractivity contribution in [3.63, 3.8) is 0 Å². The molecule has 2 aliphatic heterocycles. The van der Waals surface area contributed by atoms with Gasteiger partial charge in [-0.3, -0.25) is 4.79 Å². The summed E-state index contributed by atoms with van der Waals surface area (Å²) in [7, 11) is 1.66. The molecule has 1 saturated carbocycles. The SMILES string of the molecule is COc1ccc(C2(C(=O)N3CCC4(CC3)CC(Cc3ccc(F)cc3)CCO4)CC2)cc1. The molecule has 0 aromatic heterocycles. The summed E-state index contributed by atoms with van der Waals surface area (Å²) >= 11 is 0. The zero-order valence-electron chi connectivity index (χ0n) is 18.8. The second-order valence-electron chi connectivity index (χ2n) is 9.82. The van der Waals surface area contributed by atoms with Crippen LogP contribution in [0.4, 0.5) is 4.39 Å². The highest BCUT2D eigenvalue weighted by molar-refractivity contribution is 5.91. The normalized spacial score (nSPS) is 23.7. The van der Waals surface area contributed by atoms with Gasteiger partial charge in [0.15, 0.2) is 0 Å². The smallest absolute Gasteiger partial charge is 0.233 e. The summed E-state index contributed by atoms with van der Waals surface area (Å²) in [5.41, 5.74) is 1.85. The van der Waals surface area contributed by atoms with Gasteiger partial charge >= 0.3 is 0 Å². The zero-order valence-corrected chi connectivity index (χ0v) is 18.8. The van der Waals surface area contributed by atoms with Gasteiger partial charge in [0, 0.05) is 19.7 Å². The van der Waals surface area contributed by atoms with Gasteiger partial charge in [0.1, 0.15) is 11.6 Å². The van der Waals surface area contributed by atoms with E-state index in [0.29, 0.717) is 5.92 Å². The number of nitrogens with zero attached hydrogens (tertiary/aromatic N) is 1. The van der Waals surface area contributed by atoms with E-state index in [-0.39, 0.29) is 22.7 Å². The van der Waals surface area contributed by atoms with Crippen LogP contribution in [0, 0.1) is 11.7 Å². The second kappa shape index (κ2) is 8.51. The number of piperidine rings is 1. The fourth-order valence-electron chi connectivity index (χ4n) is 5.69. The van der Waals surface area contributed by atoms with Crippen molar-refractivity contribution in [2.24, 2.45) is 5.92 Å². The minimum Gasteiger partial charge on any atom is -0.497 e. The second-order valence-corrected chi connectivity index (χ2v) is 9.82. The van der Waals surface area contributed by atoms with E-state index < -0.39 is 0 Å². The predicted octanol–water partition coefficient (Wildman–Crippen LogP) is 4.90. The van der Waals surface area contributed by atoms with Crippen LogP contribution in [0.2, 0.25) is 0 Å². The molecule has 0 N–H and O–H groups in total. The Kier molecular flexibility index (Phi) is 5.70. The molecule has 170 valence electrons. The van der Waals surface area contributed by atoms with Gasteiger partial charge in [-0.2, -0.15) is 0 Å². The molecule has 32 heavy (non-hydrogen) atoms. The molecule has 3 aliphatic rings. The van der Waals surface area contributed by atoms with Gasteiger partial charge in [0.05, 0.1) is 18.1 Å². The highest BCUT2D eigenvalue weighted by Gasteiger charge is 2.54. The van der Waals surface area contributed by atoms with Crippen molar-refractivity contribution >= 4 is 5.91 Å². The zero-order chi connectivity index (χ0) is 22.2. The number of hydrogen-bond acceptors (Lipinski definition) is 3. The van der Waals surface area contributed by atoms with Crippen molar-refractivity contribution < 1.29 is 18.7 Å². The molecule has 1 amide bonds. The number of benzene rings is 2. The lowest BCUT2D eigenvalue weighted by molar-refractivity contribution is -0.149. The van der Waals surface area contributed by atoms with Crippen LogP contribution in [0.1, 0.15) is 49.7 Å². The summed E-state index contributed by atoms with van der Waals surface area (Å²) in [4.78, 5) is 15.5. The maximum Gasteiger partial charge on any atom is 0.233 e.